The molecule has 1 atom stereocenters. The van der Waals surface area contributed by atoms with Crippen molar-refractivity contribution in [3.8, 4) is 0 Å². The fraction of sp³-hybridized carbons (Fsp3) is 1.00. The molecule has 0 aromatic carbocycles. The number of rotatable bonds is 12. The molecule has 0 aliphatic heterocycles. The number of hydrogen-bond acceptors (Lipinski definition) is 5. The second-order valence-electron chi connectivity index (χ2n) is 4.77. The van der Waals surface area contributed by atoms with E-state index in [2.05, 4.69) is 0 Å². The van der Waals surface area contributed by atoms with Crippen molar-refractivity contribution >= 4 is 23.1 Å². The molecule has 1 unspecified atom stereocenters. The highest BCUT2D eigenvalue weighted by Gasteiger charge is 2.43. The topological polar surface area (TPSA) is 61.8 Å². The van der Waals surface area contributed by atoms with Gasteiger partial charge in [-0.15, -0.1) is 0 Å². The quantitative estimate of drug-likeness (QED) is 0.393. The zero-order chi connectivity index (χ0) is 15.6. The lowest BCUT2D eigenvalue weighted by atomic mass is 10.6. The van der Waals surface area contributed by atoms with Gasteiger partial charge in [0.1, 0.15) is 0 Å². The van der Waals surface area contributed by atoms with Gasteiger partial charge in [0.25, 0.3) is 0 Å². The maximum Gasteiger partial charge on any atom is 0.500 e. The van der Waals surface area contributed by atoms with Crippen LogP contribution in [0.3, 0.4) is 0 Å². The second kappa shape index (κ2) is 10.2. The molecule has 0 N–H and O–H groups in total. The molecule has 0 fully saturated rings. The molecule has 5 nitrogen and oxygen atoms in total. The van der Waals surface area contributed by atoms with Crippen molar-refractivity contribution in [1.29, 1.82) is 0 Å². The monoisotopic (exact) mass is 343 g/mol. The molecule has 0 saturated heterocycles. The third-order valence-electron chi connectivity index (χ3n) is 3.32. The molecule has 0 radical (unpaired) electrons. The summed E-state index contributed by atoms with van der Waals surface area (Å²) in [6, 6.07) is 0.607. The molecule has 0 amide bonds. The van der Waals surface area contributed by atoms with E-state index >= 15 is 0 Å². The van der Waals surface area contributed by atoms with Crippen molar-refractivity contribution in [3.63, 3.8) is 0 Å². The summed E-state index contributed by atoms with van der Waals surface area (Å²) in [6.45, 7) is 1.47. The van der Waals surface area contributed by atoms with Crippen LogP contribution in [0.1, 0.15) is 33.1 Å². The first-order valence-electron chi connectivity index (χ1n) is 7.12. The molecule has 0 bridgehead atoms. The largest absolute Gasteiger partial charge is 0.500 e. The highest BCUT2D eigenvalue weighted by Crippen LogP contribution is 2.69. The third kappa shape index (κ3) is 6.04. The molecule has 0 aromatic rings. The zero-order valence-corrected chi connectivity index (χ0v) is 16.2. The SMILES string of the molecule is CCCP(=O)(CCC)[P+](=O)CCC[Si](OC)(OC)OC. The molecular formula is C12H29O5P2Si+. The summed E-state index contributed by atoms with van der Waals surface area (Å²) in [6.07, 6.45) is 3.97. The van der Waals surface area contributed by atoms with Crippen LogP contribution in [0.2, 0.25) is 6.04 Å². The summed E-state index contributed by atoms with van der Waals surface area (Å²) in [5, 5.41) is 0. The molecule has 0 aliphatic rings. The Hall–Kier alpha value is 0.427. The molecule has 120 valence electrons. The summed E-state index contributed by atoms with van der Waals surface area (Å²) in [5.41, 5.74) is 0. The Kier molecular flexibility index (Phi) is 10.4. The molecular weight excluding hydrogens is 314 g/mol. The summed E-state index contributed by atoms with van der Waals surface area (Å²) in [5.74, 6) is 0. The average molecular weight is 343 g/mol. The van der Waals surface area contributed by atoms with Crippen LogP contribution in [0.4, 0.5) is 0 Å². The normalized spacial score (nSPS) is 13.6. The van der Waals surface area contributed by atoms with E-state index < -0.39 is 23.1 Å². The number of hydrogen-bond donors (Lipinski definition) is 0. The maximum absolute atomic E-state index is 12.7. The Morgan fingerprint density at radius 3 is 1.80 bits per heavy atom. The van der Waals surface area contributed by atoms with Crippen molar-refractivity contribution in [3.05, 3.63) is 0 Å². The van der Waals surface area contributed by atoms with Crippen molar-refractivity contribution in [1.82, 2.24) is 0 Å². The van der Waals surface area contributed by atoms with Crippen molar-refractivity contribution < 1.29 is 22.4 Å². The van der Waals surface area contributed by atoms with E-state index in [-0.39, 0.29) is 0 Å². The van der Waals surface area contributed by atoms with Gasteiger partial charge < -0.3 is 13.3 Å². The highest BCUT2D eigenvalue weighted by molar-refractivity contribution is 8.27. The highest BCUT2D eigenvalue weighted by atomic mass is 32.1. The summed E-state index contributed by atoms with van der Waals surface area (Å²) in [7, 11) is 0.460. The predicted molar refractivity (Wildman–Crippen MR) is 86.6 cm³/mol. The van der Waals surface area contributed by atoms with Crippen LogP contribution < -0.4 is 0 Å². The Labute approximate surface area is 125 Å². The molecule has 8 heteroatoms. The summed E-state index contributed by atoms with van der Waals surface area (Å²) in [4.78, 5) is 0. The molecule has 0 spiro atoms. The molecule has 0 heterocycles. The van der Waals surface area contributed by atoms with Gasteiger partial charge in [0, 0.05) is 39.7 Å². The van der Waals surface area contributed by atoms with E-state index in [1.807, 2.05) is 13.8 Å². The van der Waals surface area contributed by atoms with Crippen LogP contribution in [0, 0.1) is 0 Å². The first kappa shape index (κ1) is 20.4. The van der Waals surface area contributed by atoms with Crippen molar-refractivity contribution in [2.24, 2.45) is 0 Å². The van der Waals surface area contributed by atoms with Gasteiger partial charge in [0.15, 0.2) is 6.16 Å². The van der Waals surface area contributed by atoms with E-state index in [0.29, 0.717) is 31.0 Å². The predicted octanol–water partition coefficient (Wildman–Crippen LogP) is 4.18. The van der Waals surface area contributed by atoms with E-state index in [1.54, 1.807) is 21.3 Å². The molecule has 0 saturated carbocycles. The molecule has 0 rings (SSSR count). The standard InChI is InChI=1S/C12H29O5P2Si/c1-6-10-19(14,11-7-2)18(13)9-8-12-20(15-3,16-4)17-5/h6-12H2,1-5H3/q+1. The second-order valence-corrected chi connectivity index (χ2v) is 15.1. The average Bonchev–Trinajstić information content (AvgIpc) is 2.44. The van der Waals surface area contributed by atoms with Crippen molar-refractivity contribution in [2.75, 3.05) is 39.8 Å². The Balaban J connectivity index is 4.50. The van der Waals surface area contributed by atoms with Gasteiger partial charge in [-0.05, 0) is 19.3 Å². The van der Waals surface area contributed by atoms with Gasteiger partial charge >= 0.3 is 23.1 Å². The lowest BCUT2D eigenvalue weighted by Gasteiger charge is -2.23. The summed E-state index contributed by atoms with van der Waals surface area (Å²) < 4.78 is 41.1. The van der Waals surface area contributed by atoms with Crippen LogP contribution in [-0.2, 0) is 22.4 Å². The van der Waals surface area contributed by atoms with Crippen LogP contribution in [0.5, 0.6) is 0 Å². The minimum atomic E-state index is -2.60. The van der Waals surface area contributed by atoms with Crippen molar-refractivity contribution in [2.45, 2.75) is 39.2 Å². The lowest BCUT2D eigenvalue weighted by Crippen LogP contribution is -2.42. The first-order chi connectivity index (χ1) is 9.43. The minimum Gasteiger partial charge on any atom is -0.377 e. The fourth-order valence-corrected chi connectivity index (χ4v) is 11.1. The Morgan fingerprint density at radius 2 is 1.45 bits per heavy atom. The van der Waals surface area contributed by atoms with Gasteiger partial charge in [-0.1, -0.05) is 18.4 Å². The van der Waals surface area contributed by atoms with Crippen LogP contribution >= 0.6 is 14.3 Å². The minimum absolute atomic E-state index is 0.470. The molecule has 0 aliphatic carbocycles. The molecule has 20 heavy (non-hydrogen) atoms. The molecule has 0 aromatic heterocycles. The van der Waals surface area contributed by atoms with Crippen LogP contribution in [0.25, 0.3) is 0 Å². The van der Waals surface area contributed by atoms with Gasteiger partial charge in [0.05, 0.1) is 0 Å². The van der Waals surface area contributed by atoms with Crippen LogP contribution in [0.15, 0.2) is 0 Å². The lowest BCUT2D eigenvalue weighted by molar-refractivity contribution is 0.123. The Bertz CT molecular complexity index is 316. The van der Waals surface area contributed by atoms with Crippen LogP contribution in [-0.4, -0.2) is 48.6 Å². The fourth-order valence-electron chi connectivity index (χ4n) is 2.20. The van der Waals surface area contributed by atoms with E-state index in [0.717, 1.165) is 12.8 Å². The smallest absolute Gasteiger partial charge is 0.377 e. The van der Waals surface area contributed by atoms with E-state index in [9.17, 15) is 9.13 Å². The summed E-state index contributed by atoms with van der Waals surface area (Å²) >= 11 is 0. The van der Waals surface area contributed by atoms with E-state index in [4.69, 9.17) is 13.3 Å². The third-order valence-corrected chi connectivity index (χ3v) is 14.2. The van der Waals surface area contributed by atoms with E-state index in [1.165, 1.54) is 0 Å². The Morgan fingerprint density at radius 1 is 1.00 bits per heavy atom. The van der Waals surface area contributed by atoms with Gasteiger partial charge in [-0.3, -0.25) is 4.57 Å². The maximum atomic E-state index is 12.7. The first-order valence-corrected chi connectivity index (χ1v) is 13.3. The van der Waals surface area contributed by atoms with Gasteiger partial charge in [-0.25, -0.2) is 0 Å². The van der Waals surface area contributed by atoms with Gasteiger partial charge in [0.2, 0.25) is 0 Å². The zero-order valence-electron chi connectivity index (χ0n) is 13.4. The van der Waals surface area contributed by atoms with Gasteiger partial charge in [-0.2, -0.15) is 0 Å².